The predicted molar refractivity (Wildman–Crippen MR) is 120 cm³/mol. The molecule has 0 saturated heterocycles. The summed E-state index contributed by atoms with van der Waals surface area (Å²) in [6.07, 6.45) is 7.57. The fourth-order valence-corrected chi connectivity index (χ4v) is 3.76. The molecule has 1 atom stereocenters. The zero-order valence-corrected chi connectivity index (χ0v) is 18.0. The highest BCUT2D eigenvalue weighted by Gasteiger charge is 2.18. The molecule has 0 fully saturated rings. The van der Waals surface area contributed by atoms with Gasteiger partial charge in [0, 0.05) is 55.6 Å². The zero-order chi connectivity index (χ0) is 22.5. The molecule has 3 aromatic rings. The van der Waals surface area contributed by atoms with Crippen LogP contribution >= 0.6 is 0 Å². The third kappa shape index (κ3) is 4.72. The van der Waals surface area contributed by atoms with Crippen LogP contribution in [-0.2, 0) is 18.0 Å². The Morgan fingerprint density at radius 2 is 2.13 bits per heavy atom. The van der Waals surface area contributed by atoms with Crippen LogP contribution in [0.1, 0.15) is 5.56 Å². The topological polar surface area (TPSA) is 133 Å². The first kappa shape index (κ1) is 22.0. The summed E-state index contributed by atoms with van der Waals surface area (Å²) in [5, 5.41) is 3.99. The van der Waals surface area contributed by atoms with E-state index < -0.39 is 16.8 Å². The van der Waals surface area contributed by atoms with Crippen LogP contribution in [0.25, 0.3) is 16.7 Å². The smallest absolute Gasteiger partial charge is 0.178 e. The second-order valence-electron chi connectivity index (χ2n) is 6.43. The Kier molecular flexibility index (Phi) is 6.65. The Hall–Kier alpha value is -3.73. The first-order valence-electron chi connectivity index (χ1n) is 9.02. The molecule has 0 bridgehead atoms. The molecule has 1 unspecified atom stereocenters. The summed E-state index contributed by atoms with van der Waals surface area (Å²) in [6, 6.07) is 4.59. The monoisotopic (exact) mass is 443 g/mol. The van der Waals surface area contributed by atoms with E-state index in [1.807, 2.05) is 0 Å². The Labute approximate surface area is 181 Å². The van der Waals surface area contributed by atoms with Crippen molar-refractivity contribution >= 4 is 34.3 Å². The number of nitrogens with zero attached hydrogens (tertiary/aromatic N) is 4. The molecule has 2 aromatic heterocycles. The van der Waals surface area contributed by atoms with Gasteiger partial charge in [0.25, 0.3) is 0 Å². The van der Waals surface area contributed by atoms with Gasteiger partial charge in [-0.1, -0.05) is 0 Å². The number of nitrogens with one attached hydrogen (secondary N) is 1. The third-order valence-corrected chi connectivity index (χ3v) is 5.40. The number of hydrogen-bond donors (Lipinski definition) is 3. The maximum Gasteiger partial charge on any atom is 0.178 e. The minimum Gasteiger partial charge on any atom is -0.492 e. The van der Waals surface area contributed by atoms with E-state index in [1.54, 1.807) is 44.8 Å². The summed E-state index contributed by atoms with van der Waals surface area (Å²) < 4.78 is 37.0. The number of nitrogen functional groups attached to an aromatic ring is 1. The highest BCUT2D eigenvalue weighted by atomic mass is 32.2. The summed E-state index contributed by atoms with van der Waals surface area (Å²) in [5.74, 6) is -0.540. The number of aryl methyl sites for hydroxylation is 1. The number of rotatable bonds is 7. The Morgan fingerprint density at radius 1 is 1.35 bits per heavy atom. The van der Waals surface area contributed by atoms with E-state index in [4.69, 9.17) is 16.2 Å². The van der Waals surface area contributed by atoms with E-state index in [-0.39, 0.29) is 17.3 Å². The summed E-state index contributed by atoms with van der Waals surface area (Å²) in [4.78, 5) is 8.58. The van der Waals surface area contributed by atoms with E-state index in [0.29, 0.717) is 27.2 Å². The number of benzene rings is 1. The molecular weight excluding hydrogens is 421 g/mol. The molecule has 0 saturated carbocycles. The molecule has 1 aromatic carbocycles. The second kappa shape index (κ2) is 9.39. The molecule has 31 heavy (non-hydrogen) atoms. The van der Waals surface area contributed by atoms with Gasteiger partial charge in [-0.25, -0.2) is 13.6 Å². The van der Waals surface area contributed by atoms with E-state index in [1.165, 1.54) is 30.3 Å². The van der Waals surface area contributed by atoms with Gasteiger partial charge in [-0.05, 0) is 23.8 Å². The summed E-state index contributed by atoms with van der Waals surface area (Å²) in [6.45, 7) is 0. The number of nitrogens with two attached hydrogens (primary N) is 2. The second-order valence-corrected chi connectivity index (χ2v) is 7.64. The van der Waals surface area contributed by atoms with Crippen molar-refractivity contribution in [2.75, 3.05) is 24.6 Å². The van der Waals surface area contributed by atoms with Crippen LogP contribution in [0.5, 0.6) is 5.75 Å². The lowest BCUT2D eigenvalue weighted by Crippen LogP contribution is -2.07. The predicted octanol–water partition coefficient (Wildman–Crippen LogP) is 2.35. The van der Waals surface area contributed by atoms with Gasteiger partial charge < -0.3 is 16.2 Å². The normalized spacial score (nSPS) is 12.8. The number of anilines is 2. The van der Waals surface area contributed by atoms with E-state index in [9.17, 15) is 8.60 Å². The van der Waals surface area contributed by atoms with Crippen LogP contribution in [0.3, 0.4) is 0 Å². The van der Waals surface area contributed by atoms with Crippen LogP contribution in [-0.4, -0.2) is 39.3 Å². The minimum absolute atomic E-state index is 0.0793. The largest absolute Gasteiger partial charge is 0.492 e. The molecule has 0 aliphatic rings. The molecule has 0 spiro atoms. The first-order valence-corrected chi connectivity index (χ1v) is 10.2. The number of pyridine rings is 1. The van der Waals surface area contributed by atoms with Gasteiger partial charge in [-0.2, -0.15) is 5.10 Å². The molecule has 0 amide bonds. The average Bonchev–Trinajstić information content (AvgIpc) is 3.19. The number of hydrogen-bond acceptors (Lipinski definition) is 7. The van der Waals surface area contributed by atoms with E-state index in [0.717, 1.165) is 0 Å². The van der Waals surface area contributed by atoms with Gasteiger partial charge in [-0.15, -0.1) is 0 Å². The van der Waals surface area contributed by atoms with Gasteiger partial charge in [-0.3, -0.25) is 14.4 Å². The number of aliphatic imine (C=N–C) groups is 1. The molecule has 162 valence electrons. The summed E-state index contributed by atoms with van der Waals surface area (Å²) >= 11 is 0. The zero-order valence-electron chi connectivity index (χ0n) is 17.2. The van der Waals surface area contributed by atoms with Gasteiger partial charge in [0.2, 0.25) is 0 Å². The van der Waals surface area contributed by atoms with E-state index >= 15 is 0 Å². The van der Waals surface area contributed by atoms with Crippen molar-refractivity contribution in [2.45, 2.75) is 4.90 Å². The molecule has 0 aliphatic heterocycles. The number of methoxy groups -OCH3 is 1. The summed E-state index contributed by atoms with van der Waals surface area (Å²) in [5.41, 5.74) is 14.1. The minimum atomic E-state index is -1.69. The van der Waals surface area contributed by atoms with Crippen molar-refractivity contribution in [2.24, 2.45) is 17.8 Å². The van der Waals surface area contributed by atoms with Crippen molar-refractivity contribution in [3.05, 3.63) is 54.4 Å². The van der Waals surface area contributed by atoms with Crippen LogP contribution < -0.4 is 20.9 Å². The van der Waals surface area contributed by atoms with Crippen LogP contribution in [0.2, 0.25) is 0 Å². The molecule has 2 heterocycles. The van der Waals surface area contributed by atoms with E-state index in [2.05, 4.69) is 19.8 Å². The van der Waals surface area contributed by atoms with Gasteiger partial charge in [0.05, 0.1) is 23.9 Å². The fraction of sp³-hybridized carbons (Fsp3) is 0.150. The van der Waals surface area contributed by atoms with Crippen LogP contribution in [0.15, 0.2) is 52.9 Å². The van der Waals surface area contributed by atoms with Crippen molar-refractivity contribution in [3.8, 4) is 16.9 Å². The molecule has 9 nitrogen and oxygen atoms in total. The quantitative estimate of drug-likeness (QED) is 0.480. The SMILES string of the molecule is CN=C/C(=C\N)c1cnc(N)c(-c2cc(F)c(OC)c(NS(=O)c3cnn(C)c3)c2)c1. The Morgan fingerprint density at radius 3 is 2.74 bits per heavy atom. The molecule has 11 heteroatoms. The Bertz CT molecular complexity index is 1190. The summed E-state index contributed by atoms with van der Waals surface area (Å²) in [7, 11) is 2.96. The van der Waals surface area contributed by atoms with Crippen LogP contribution in [0.4, 0.5) is 15.9 Å². The molecule has 5 N–H and O–H groups in total. The first-order chi connectivity index (χ1) is 14.9. The van der Waals surface area contributed by atoms with Crippen molar-refractivity contribution in [1.82, 2.24) is 14.8 Å². The molecule has 0 aliphatic carbocycles. The van der Waals surface area contributed by atoms with Crippen molar-refractivity contribution < 1.29 is 13.3 Å². The van der Waals surface area contributed by atoms with Gasteiger partial charge in [0.1, 0.15) is 5.82 Å². The standard InChI is InChI=1S/C20H22FN7O2S/c1-24-8-14(7-22)13-4-16(20(23)25-9-13)12-5-17(21)19(30-3)18(6-12)27-31(29)15-10-26-28(2)11-15/h4-11,27H,22H2,1-3H3,(H2,23,25)/b14-7+,24-8?. The fourth-order valence-electron chi connectivity index (χ4n) is 2.90. The van der Waals surface area contributed by atoms with Crippen LogP contribution in [0, 0.1) is 5.82 Å². The highest BCUT2D eigenvalue weighted by molar-refractivity contribution is 7.86. The van der Waals surface area contributed by atoms with Gasteiger partial charge >= 0.3 is 0 Å². The number of ether oxygens (including phenoxy) is 1. The number of allylic oxidation sites excluding steroid dienone is 1. The third-order valence-electron chi connectivity index (χ3n) is 4.36. The lowest BCUT2D eigenvalue weighted by molar-refractivity contribution is 0.389. The molecule has 3 rings (SSSR count). The lowest BCUT2D eigenvalue weighted by atomic mass is 10.0. The number of aromatic nitrogens is 3. The average molecular weight is 444 g/mol. The maximum absolute atomic E-state index is 14.8. The van der Waals surface area contributed by atoms with Gasteiger partial charge in [0.15, 0.2) is 22.6 Å². The van der Waals surface area contributed by atoms with Crippen molar-refractivity contribution in [1.29, 1.82) is 0 Å². The highest BCUT2D eigenvalue weighted by Crippen LogP contribution is 2.36. The molecular formula is C20H22FN7O2S. The number of halogens is 1. The Balaban J connectivity index is 2.08. The molecule has 0 radical (unpaired) electrons. The maximum atomic E-state index is 14.8. The van der Waals surface area contributed by atoms with Crippen molar-refractivity contribution in [3.63, 3.8) is 0 Å². The lowest BCUT2D eigenvalue weighted by Gasteiger charge is -2.15.